The average Bonchev–Trinajstić information content (AvgIpc) is 2.44. The van der Waals surface area contributed by atoms with Crippen molar-refractivity contribution in [2.75, 3.05) is 0 Å². The van der Waals surface area contributed by atoms with Crippen LogP contribution in [0.2, 0.25) is 0 Å². The van der Waals surface area contributed by atoms with Crippen LogP contribution < -0.4 is 0 Å². The number of fused-ring (bicyclic) bond motifs is 1. The van der Waals surface area contributed by atoms with Crippen LogP contribution in [0, 0.1) is 0 Å². The van der Waals surface area contributed by atoms with Crippen molar-refractivity contribution >= 4 is 0 Å². The van der Waals surface area contributed by atoms with Crippen molar-refractivity contribution in [3.05, 3.63) is 17.0 Å². The van der Waals surface area contributed by atoms with Crippen molar-refractivity contribution in [1.82, 2.24) is 10.2 Å². The highest BCUT2D eigenvalue weighted by atomic mass is 16.5. The van der Waals surface area contributed by atoms with Crippen LogP contribution in [-0.2, 0) is 17.8 Å². The number of hydrogen-bond acceptors (Lipinski definition) is 2. The summed E-state index contributed by atoms with van der Waals surface area (Å²) >= 11 is 0. The van der Waals surface area contributed by atoms with E-state index in [1.807, 2.05) is 0 Å². The molecule has 1 N–H and O–H groups in total. The van der Waals surface area contributed by atoms with Crippen LogP contribution in [0.4, 0.5) is 0 Å². The molecule has 3 nitrogen and oxygen atoms in total. The molecular weight excluding hydrogens is 176 g/mol. The molecule has 0 spiro atoms. The number of hydrogen-bond donors (Lipinski definition) is 1. The van der Waals surface area contributed by atoms with Gasteiger partial charge in [0.25, 0.3) is 0 Å². The van der Waals surface area contributed by atoms with E-state index in [1.165, 1.54) is 11.3 Å². The standard InChI is InChI=1S/C11H18N2O/c1-7(2)10-8-6-14-11(3,4)5-9(8)12-13-10/h7H,5-6H2,1-4H3,(H,12,13). The highest BCUT2D eigenvalue weighted by Gasteiger charge is 2.29. The molecule has 0 saturated carbocycles. The third-order valence-corrected chi connectivity index (χ3v) is 2.74. The summed E-state index contributed by atoms with van der Waals surface area (Å²) in [6, 6.07) is 0. The summed E-state index contributed by atoms with van der Waals surface area (Å²) in [5.41, 5.74) is 3.65. The number of aromatic amines is 1. The highest BCUT2D eigenvalue weighted by Crippen LogP contribution is 2.30. The molecule has 14 heavy (non-hydrogen) atoms. The predicted octanol–water partition coefficient (Wildman–Crippen LogP) is 2.38. The molecule has 0 aliphatic carbocycles. The lowest BCUT2D eigenvalue weighted by molar-refractivity contribution is -0.0410. The summed E-state index contributed by atoms with van der Waals surface area (Å²) < 4.78 is 5.78. The molecule has 0 bridgehead atoms. The van der Waals surface area contributed by atoms with Crippen molar-refractivity contribution < 1.29 is 4.74 Å². The number of nitrogens with zero attached hydrogens (tertiary/aromatic N) is 1. The minimum atomic E-state index is -0.0478. The second-order valence-corrected chi connectivity index (χ2v) is 4.95. The van der Waals surface area contributed by atoms with E-state index in [4.69, 9.17) is 4.74 Å². The maximum Gasteiger partial charge on any atom is 0.0760 e. The van der Waals surface area contributed by atoms with Gasteiger partial charge in [0, 0.05) is 17.7 Å². The molecule has 0 radical (unpaired) electrons. The lowest BCUT2D eigenvalue weighted by Crippen LogP contribution is -2.31. The molecule has 0 aromatic carbocycles. The third kappa shape index (κ3) is 1.57. The second-order valence-electron chi connectivity index (χ2n) is 4.95. The van der Waals surface area contributed by atoms with Gasteiger partial charge in [-0.15, -0.1) is 0 Å². The van der Waals surface area contributed by atoms with Crippen LogP contribution in [0.25, 0.3) is 0 Å². The first-order valence-corrected chi connectivity index (χ1v) is 5.19. The summed E-state index contributed by atoms with van der Waals surface area (Å²) in [4.78, 5) is 0. The Labute approximate surface area is 84.9 Å². The minimum Gasteiger partial charge on any atom is -0.370 e. The quantitative estimate of drug-likeness (QED) is 0.745. The summed E-state index contributed by atoms with van der Waals surface area (Å²) in [5, 5.41) is 7.49. The van der Waals surface area contributed by atoms with Gasteiger partial charge in [-0.1, -0.05) is 13.8 Å². The smallest absolute Gasteiger partial charge is 0.0760 e. The fraction of sp³-hybridized carbons (Fsp3) is 0.727. The number of H-pyrrole nitrogens is 1. The van der Waals surface area contributed by atoms with Crippen LogP contribution in [0.5, 0.6) is 0 Å². The highest BCUT2D eigenvalue weighted by molar-refractivity contribution is 5.29. The van der Waals surface area contributed by atoms with E-state index in [0.717, 1.165) is 12.1 Å². The summed E-state index contributed by atoms with van der Waals surface area (Å²) in [5.74, 6) is 0.472. The van der Waals surface area contributed by atoms with Crippen LogP contribution in [0.1, 0.15) is 50.6 Å². The van der Waals surface area contributed by atoms with E-state index < -0.39 is 0 Å². The van der Waals surface area contributed by atoms with E-state index >= 15 is 0 Å². The summed E-state index contributed by atoms with van der Waals surface area (Å²) in [7, 11) is 0. The van der Waals surface area contributed by atoms with Crippen molar-refractivity contribution in [3.63, 3.8) is 0 Å². The molecule has 0 atom stereocenters. The van der Waals surface area contributed by atoms with Crippen molar-refractivity contribution in [1.29, 1.82) is 0 Å². The van der Waals surface area contributed by atoms with E-state index in [1.54, 1.807) is 0 Å². The van der Waals surface area contributed by atoms with Crippen LogP contribution in [0.15, 0.2) is 0 Å². The first-order valence-electron chi connectivity index (χ1n) is 5.19. The summed E-state index contributed by atoms with van der Waals surface area (Å²) in [6.07, 6.45) is 0.933. The van der Waals surface area contributed by atoms with Crippen molar-refractivity contribution in [2.45, 2.75) is 52.2 Å². The third-order valence-electron chi connectivity index (χ3n) is 2.74. The largest absolute Gasteiger partial charge is 0.370 e. The molecule has 1 aromatic rings. The van der Waals surface area contributed by atoms with Crippen molar-refractivity contribution in [2.24, 2.45) is 0 Å². The van der Waals surface area contributed by atoms with Gasteiger partial charge in [0.15, 0.2) is 0 Å². The summed E-state index contributed by atoms with van der Waals surface area (Å²) in [6.45, 7) is 9.26. The van der Waals surface area contributed by atoms with Gasteiger partial charge in [0.05, 0.1) is 17.9 Å². The SMILES string of the molecule is CC(C)c1n[nH]c2c1COC(C)(C)C2. The Kier molecular flexibility index (Phi) is 2.14. The Hall–Kier alpha value is -0.830. The molecule has 1 aromatic heterocycles. The Bertz CT molecular complexity index is 339. The number of rotatable bonds is 1. The molecule has 3 heteroatoms. The van der Waals surface area contributed by atoms with Crippen molar-refractivity contribution in [3.8, 4) is 0 Å². The average molecular weight is 194 g/mol. The van der Waals surface area contributed by atoms with Gasteiger partial charge in [-0.3, -0.25) is 5.10 Å². The lowest BCUT2D eigenvalue weighted by Gasteiger charge is -2.30. The second kappa shape index (κ2) is 3.09. The zero-order chi connectivity index (χ0) is 10.3. The Balaban J connectivity index is 2.34. The molecule has 78 valence electrons. The van der Waals surface area contributed by atoms with E-state index in [-0.39, 0.29) is 5.60 Å². The number of nitrogens with one attached hydrogen (secondary N) is 1. The van der Waals surface area contributed by atoms with Gasteiger partial charge < -0.3 is 4.74 Å². The fourth-order valence-corrected chi connectivity index (χ4v) is 1.95. The normalized spacial score (nSPS) is 19.8. The van der Waals surface area contributed by atoms with E-state index in [0.29, 0.717) is 12.5 Å². The fourth-order valence-electron chi connectivity index (χ4n) is 1.95. The van der Waals surface area contributed by atoms with Gasteiger partial charge in [-0.05, 0) is 19.8 Å². The number of aromatic nitrogens is 2. The molecule has 0 amide bonds. The maximum absolute atomic E-state index is 5.78. The zero-order valence-corrected chi connectivity index (χ0v) is 9.35. The molecule has 2 rings (SSSR count). The first kappa shape index (κ1) is 9.71. The van der Waals surface area contributed by atoms with Crippen LogP contribution in [0.3, 0.4) is 0 Å². The monoisotopic (exact) mass is 194 g/mol. The van der Waals surface area contributed by atoms with Crippen LogP contribution >= 0.6 is 0 Å². The number of ether oxygens (including phenoxy) is 1. The molecule has 1 aliphatic rings. The van der Waals surface area contributed by atoms with E-state index in [2.05, 4.69) is 37.9 Å². The molecule has 0 saturated heterocycles. The molecule has 2 heterocycles. The lowest BCUT2D eigenvalue weighted by atomic mass is 9.94. The van der Waals surface area contributed by atoms with Gasteiger partial charge in [-0.2, -0.15) is 5.10 Å². The van der Waals surface area contributed by atoms with Gasteiger partial charge in [-0.25, -0.2) is 0 Å². The van der Waals surface area contributed by atoms with Crippen LogP contribution in [-0.4, -0.2) is 15.8 Å². The first-order chi connectivity index (χ1) is 6.49. The van der Waals surface area contributed by atoms with Gasteiger partial charge in [0.1, 0.15) is 0 Å². The predicted molar refractivity (Wildman–Crippen MR) is 55.2 cm³/mol. The Morgan fingerprint density at radius 1 is 1.43 bits per heavy atom. The van der Waals surface area contributed by atoms with Gasteiger partial charge in [0.2, 0.25) is 0 Å². The molecule has 1 aliphatic heterocycles. The molecule has 0 unspecified atom stereocenters. The van der Waals surface area contributed by atoms with E-state index in [9.17, 15) is 0 Å². The Morgan fingerprint density at radius 3 is 2.79 bits per heavy atom. The maximum atomic E-state index is 5.78. The molecular formula is C11H18N2O. The topological polar surface area (TPSA) is 37.9 Å². The van der Waals surface area contributed by atoms with Gasteiger partial charge >= 0.3 is 0 Å². The molecule has 0 fully saturated rings. The minimum absolute atomic E-state index is 0.0478. The Morgan fingerprint density at radius 2 is 2.14 bits per heavy atom. The zero-order valence-electron chi connectivity index (χ0n) is 9.35.